The molecule has 4 heteroatoms. The molecule has 13 heavy (non-hydrogen) atoms. The van der Waals surface area contributed by atoms with E-state index in [4.69, 9.17) is 0 Å². The van der Waals surface area contributed by atoms with Gasteiger partial charge in [0, 0.05) is 32.7 Å². The van der Waals surface area contributed by atoms with Crippen LogP contribution < -0.4 is 5.32 Å². The van der Waals surface area contributed by atoms with Crippen molar-refractivity contribution >= 4 is 6.29 Å². The van der Waals surface area contributed by atoms with Crippen molar-refractivity contribution in [3.63, 3.8) is 0 Å². The van der Waals surface area contributed by atoms with Gasteiger partial charge < -0.3 is 10.1 Å². The van der Waals surface area contributed by atoms with Crippen molar-refractivity contribution in [2.24, 2.45) is 0 Å². The van der Waals surface area contributed by atoms with Crippen molar-refractivity contribution in [3.05, 3.63) is 0 Å². The molecule has 74 valence electrons. The lowest BCUT2D eigenvalue weighted by molar-refractivity contribution is -0.119. The summed E-state index contributed by atoms with van der Waals surface area (Å²) in [6, 6.07) is 0.151. The molecule has 1 atom stereocenters. The van der Waals surface area contributed by atoms with Crippen LogP contribution in [0.3, 0.4) is 0 Å². The number of rotatable bonds is 2. The summed E-state index contributed by atoms with van der Waals surface area (Å²) in [5, 5.41) is 7.88. The van der Waals surface area contributed by atoms with E-state index in [2.05, 4.69) is 15.3 Å². The van der Waals surface area contributed by atoms with Gasteiger partial charge in [0.1, 0.15) is 6.29 Å². The molecule has 0 saturated carbocycles. The van der Waals surface area contributed by atoms with Crippen LogP contribution in [0.15, 0.2) is 0 Å². The zero-order valence-corrected chi connectivity index (χ0v) is 7.91. The molecule has 0 aromatic heterocycles. The Morgan fingerprint density at radius 3 is 2.69 bits per heavy atom. The molecule has 0 unspecified atom stereocenters. The van der Waals surface area contributed by atoms with Gasteiger partial charge in [-0.05, 0) is 12.8 Å². The first-order chi connectivity index (χ1) is 6.42. The first kappa shape index (κ1) is 9.12. The largest absolute Gasteiger partial charge is 0.314 e. The van der Waals surface area contributed by atoms with Crippen LogP contribution in [0.4, 0.5) is 0 Å². The third-order valence-electron chi connectivity index (χ3n) is 2.88. The average Bonchev–Trinajstić information content (AvgIpc) is 2.67. The number of hydrazine groups is 1. The highest BCUT2D eigenvalue weighted by molar-refractivity contribution is 5.57. The molecule has 4 nitrogen and oxygen atoms in total. The van der Waals surface area contributed by atoms with Crippen LogP contribution in [0.25, 0.3) is 0 Å². The van der Waals surface area contributed by atoms with E-state index in [1.165, 1.54) is 0 Å². The van der Waals surface area contributed by atoms with E-state index in [0.717, 1.165) is 51.9 Å². The van der Waals surface area contributed by atoms with Gasteiger partial charge in [0.2, 0.25) is 0 Å². The van der Waals surface area contributed by atoms with Crippen LogP contribution >= 0.6 is 0 Å². The Balaban J connectivity index is 1.93. The molecule has 0 aromatic rings. The minimum absolute atomic E-state index is 0.151. The fourth-order valence-corrected chi connectivity index (χ4v) is 2.18. The number of carbonyl (C=O) groups excluding carboxylic acids is 1. The fraction of sp³-hybridized carbons (Fsp3) is 0.889. The predicted molar refractivity (Wildman–Crippen MR) is 50.2 cm³/mol. The second-order valence-corrected chi connectivity index (χ2v) is 3.71. The maximum atomic E-state index is 10.8. The fourth-order valence-electron chi connectivity index (χ4n) is 2.18. The van der Waals surface area contributed by atoms with Gasteiger partial charge >= 0.3 is 0 Å². The molecule has 1 N–H and O–H groups in total. The molecule has 0 bridgehead atoms. The number of nitrogens with zero attached hydrogens (tertiary/aromatic N) is 2. The first-order valence-corrected chi connectivity index (χ1v) is 5.09. The van der Waals surface area contributed by atoms with Crippen LogP contribution in [0, 0.1) is 0 Å². The Morgan fingerprint density at radius 2 is 2.00 bits per heavy atom. The smallest absolute Gasteiger partial charge is 0.138 e. The number of piperazine rings is 1. The Labute approximate surface area is 78.8 Å². The van der Waals surface area contributed by atoms with Crippen molar-refractivity contribution in [1.82, 2.24) is 15.3 Å². The maximum absolute atomic E-state index is 10.8. The Bertz CT molecular complexity index is 180. The Kier molecular flexibility index (Phi) is 2.93. The van der Waals surface area contributed by atoms with Gasteiger partial charge in [-0.3, -0.25) is 0 Å². The van der Waals surface area contributed by atoms with Crippen LogP contribution in [0.1, 0.15) is 12.8 Å². The van der Waals surface area contributed by atoms with Crippen LogP contribution in [0.5, 0.6) is 0 Å². The molecule has 2 aliphatic heterocycles. The van der Waals surface area contributed by atoms with Gasteiger partial charge in [-0.15, -0.1) is 0 Å². The quantitative estimate of drug-likeness (QED) is 0.584. The van der Waals surface area contributed by atoms with E-state index < -0.39 is 0 Å². The zero-order chi connectivity index (χ0) is 9.10. The second kappa shape index (κ2) is 4.17. The van der Waals surface area contributed by atoms with E-state index in [1.807, 2.05) is 0 Å². The van der Waals surface area contributed by atoms with Gasteiger partial charge in [0.15, 0.2) is 0 Å². The van der Waals surface area contributed by atoms with Gasteiger partial charge in [0.05, 0.1) is 6.04 Å². The summed E-state index contributed by atoms with van der Waals surface area (Å²) in [7, 11) is 0. The highest BCUT2D eigenvalue weighted by Crippen LogP contribution is 2.17. The van der Waals surface area contributed by atoms with E-state index >= 15 is 0 Å². The van der Waals surface area contributed by atoms with E-state index in [9.17, 15) is 4.79 Å². The summed E-state index contributed by atoms with van der Waals surface area (Å²) in [4.78, 5) is 10.8. The lowest BCUT2D eigenvalue weighted by Crippen LogP contribution is -2.54. The third kappa shape index (κ3) is 1.90. The monoisotopic (exact) mass is 183 g/mol. The molecule has 2 aliphatic rings. The van der Waals surface area contributed by atoms with Gasteiger partial charge in [-0.25, -0.2) is 10.0 Å². The van der Waals surface area contributed by atoms with Crippen LogP contribution in [0.2, 0.25) is 0 Å². The third-order valence-corrected chi connectivity index (χ3v) is 2.88. The Morgan fingerprint density at radius 1 is 1.23 bits per heavy atom. The highest BCUT2D eigenvalue weighted by atomic mass is 16.1. The van der Waals surface area contributed by atoms with Crippen LogP contribution in [-0.4, -0.2) is 55.1 Å². The SMILES string of the molecule is O=C[C@H]1CCCN1N1CCNCC1. The molecule has 2 fully saturated rings. The summed E-state index contributed by atoms with van der Waals surface area (Å²) < 4.78 is 0. The van der Waals surface area contributed by atoms with Crippen molar-refractivity contribution in [3.8, 4) is 0 Å². The van der Waals surface area contributed by atoms with Crippen molar-refractivity contribution in [1.29, 1.82) is 0 Å². The van der Waals surface area contributed by atoms with Crippen molar-refractivity contribution < 1.29 is 4.79 Å². The predicted octanol–water partition coefficient (Wildman–Crippen LogP) is -0.530. The lowest BCUT2D eigenvalue weighted by Gasteiger charge is -2.37. The van der Waals surface area contributed by atoms with Crippen molar-refractivity contribution in [2.45, 2.75) is 18.9 Å². The number of hydrogen-bond donors (Lipinski definition) is 1. The first-order valence-electron chi connectivity index (χ1n) is 5.09. The molecular weight excluding hydrogens is 166 g/mol. The van der Waals surface area contributed by atoms with Crippen LogP contribution in [-0.2, 0) is 4.79 Å². The summed E-state index contributed by atoms with van der Waals surface area (Å²) in [6.45, 7) is 5.24. The highest BCUT2D eigenvalue weighted by Gasteiger charge is 2.29. The standard InChI is InChI=1S/C9H17N3O/c13-8-9-2-1-5-12(9)11-6-3-10-4-7-11/h8-10H,1-7H2/t9-/m1/s1. The molecule has 0 aliphatic carbocycles. The molecule has 2 heterocycles. The van der Waals surface area contributed by atoms with E-state index in [1.54, 1.807) is 0 Å². The molecule has 0 amide bonds. The van der Waals surface area contributed by atoms with E-state index in [-0.39, 0.29) is 6.04 Å². The summed E-state index contributed by atoms with van der Waals surface area (Å²) in [6.07, 6.45) is 3.29. The Hall–Kier alpha value is -0.450. The molecule has 0 aromatic carbocycles. The summed E-state index contributed by atoms with van der Waals surface area (Å²) >= 11 is 0. The molecule has 0 radical (unpaired) electrons. The lowest BCUT2D eigenvalue weighted by atomic mass is 10.2. The number of carbonyl (C=O) groups is 1. The van der Waals surface area contributed by atoms with Gasteiger partial charge in [-0.1, -0.05) is 0 Å². The topological polar surface area (TPSA) is 35.6 Å². The second-order valence-electron chi connectivity index (χ2n) is 3.71. The number of aldehydes is 1. The maximum Gasteiger partial charge on any atom is 0.138 e. The van der Waals surface area contributed by atoms with Gasteiger partial charge in [-0.2, -0.15) is 0 Å². The zero-order valence-electron chi connectivity index (χ0n) is 7.91. The summed E-state index contributed by atoms with van der Waals surface area (Å²) in [5.74, 6) is 0. The van der Waals surface area contributed by atoms with Crippen molar-refractivity contribution in [2.75, 3.05) is 32.7 Å². The van der Waals surface area contributed by atoms with Gasteiger partial charge in [0.25, 0.3) is 0 Å². The molecular formula is C9H17N3O. The number of nitrogens with one attached hydrogen (secondary N) is 1. The minimum atomic E-state index is 0.151. The number of hydrogen-bond acceptors (Lipinski definition) is 4. The summed E-state index contributed by atoms with van der Waals surface area (Å²) in [5.41, 5.74) is 0. The molecule has 0 spiro atoms. The minimum Gasteiger partial charge on any atom is -0.314 e. The average molecular weight is 183 g/mol. The van der Waals surface area contributed by atoms with E-state index in [0.29, 0.717) is 0 Å². The normalized spacial score (nSPS) is 32.2. The molecule has 2 saturated heterocycles. The molecule has 2 rings (SSSR count).